The van der Waals surface area contributed by atoms with Crippen LogP contribution in [-0.4, -0.2) is 23.5 Å². The summed E-state index contributed by atoms with van der Waals surface area (Å²) in [6.45, 7) is 7.49. The van der Waals surface area contributed by atoms with E-state index < -0.39 is 0 Å². The molecule has 2 rings (SSSR count). The Balaban J connectivity index is 2.28. The molecule has 0 bridgehead atoms. The number of halogens is 1. The maximum atomic E-state index is 14.1. The number of benzene rings is 1. The van der Waals surface area contributed by atoms with Gasteiger partial charge in [0.1, 0.15) is 5.82 Å². The number of hydrogen-bond acceptors (Lipinski definition) is 2. The first-order valence-corrected chi connectivity index (χ1v) is 7.26. The van der Waals surface area contributed by atoms with Gasteiger partial charge in [-0.15, -0.1) is 0 Å². The van der Waals surface area contributed by atoms with Crippen LogP contribution in [-0.2, 0) is 0 Å². The van der Waals surface area contributed by atoms with Crippen molar-refractivity contribution >= 4 is 0 Å². The van der Waals surface area contributed by atoms with E-state index in [0.29, 0.717) is 6.04 Å². The number of hydrogen-bond donors (Lipinski definition) is 1. The van der Waals surface area contributed by atoms with Crippen LogP contribution in [0, 0.1) is 11.7 Å². The lowest BCUT2D eigenvalue weighted by Gasteiger charge is -2.43. The fourth-order valence-electron chi connectivity index (χ4n) is 3.32. The summed E-state index contributed by atoms with van der Waals surface area (Å²) >= 11 is 0. The van der Waals surface area contributed by atoms with Crippen molar-refractivity contribution < 1.29 is 4.39 Å². The molecule has 1 aliphatic heterocycles. The van der Waals surface area contributed by atoms with Crippen molar-refractivity contribution in [2.45, 2.75) is 51.7 Å². The highest BCUT2D eigenvalue weighted by Crippen LogP contribution is 2.33. The standard InChI is InChI=1S/C16H25FN2/c1-11-8-9-19(12(2)10-11)16(13(3)18)14-6-4-5-7-15(14)17/h4-7,11-13,16H,8-10,18H2,1-3H3. The van der Waals surface area contributed by atoms with Crippen molar-refractivity contribution in [1.29, 1.82) is 0 Å². The van der Waals surface area contributed by atoms with Crippen LogP contribution in [0.1, 0.15) is 45.2 Å². The fourth-order valence-corrected chi connectivity index (χ4v) is 3.32. The predicted octanol–water partition coefficient (Wildman–Crippen LogP) is 3.33. The fraction of sp³-hybridized carbons (Fsp3) is 0.625. The van der Waals surface area contributed by atoms with Crippen LogP contribution in [0.15, 0.2) is 24.3 Å². The van der Waals surface area contributed by atoms with Crippen molar-refractivity contribution in [3.63, 3.8) is 0 Å². The molecule has 0 radical (unpaired) electrons. The Hall–Kier alpha value is -0.930. The molecule has 19 heavy (non-hydrogen) atoms. The summed E-state index contributed by atoms with van der Waals surface area (Å²) < 4.78 is 14.1. The normalized spacial score (nSPS) is 28.1. The molecular weight excluding hydrogens is 239 g/mol. The third kappa shape index (κ3) is 3.15. The van der Waals surface area contributed by atoms with Crippen molar-refractivity contribution in [2.75, 3.05) is 6.54 Å². The van der Waals surface area contributed by atoms with Crippen LogP contribution in [0.3, 0.4) is 0 Å². The Kier molecular flexibility index (Phi) is 4.58. The highest BCUT2D eigenvalue weighted by molar-refractivity contribution is 5.23. The molecule has 2 N–H and O–H groups in total. The van der Waals surface area contributed by atoms with Gasteiger partial charge < -0.3 is 5.73 Å². The van der Waals surface area contributed by atoms with E-state index in [4.69, 9.17) is 5.73 Å². The molecule has 106 valence electrons. The Morgan fingerprint density at radius 1 is 1.32 bits per heavy atom. The van der Waals surface area contributed by atoms with E-state index in [0.717, 1.165) is 24.4 Å². The molecule has 1 aromatic rings. The van der Waals surface area contributed by atoms with Gasteiger partial charge in [-0.3, -0.25) is 4.90 Å². The Morgan fingerprint density at radius 3 is 2.58 bits per heavy atom. The summed E-state index contributed by atoms with van der Waals surface area (Å²) in [6, 6.07) is 7.38. The minimum atomic E-state index is -0.143. The van der Waals surface area contributed by atoms with Gasteiger partial charge in [-0.05, 0) is 45.2 Å². The number of rotatable bonds is 3. The SMILES string of the molecule is CC1CCN(C(c2ccccc2F)C(C)N)C(C)C1. The van der Waals surface area contributed by atoms with Gasteiger partial charge in [0.15, 0.2) is 0 Å². The largest absolute Gasteiger partial charge is 0.326 e. The van der Waals surface area contributed by atoms with E-state index in [-0.39, 0.29) is 17.9 Å². The summed E-state index contributed by atoms with van der Waals surface area (Å²) in [6.07, 6.45) is 2.33. The van der Waals surface area contributed by atoms with Crippen molar-refractivity contribution in [3.8, 4) is 0 Å². The zero-order valence-corrected chi connectivity index (χ0v) is 12.1. The Bertz CT molecular complexity index is 419. The summed E-state index contributed by atoms with van der Waals surface area (Å²) in [5, 5.41) is 0. The molecule has 2 nitrogen and oxygen atoms in total. The molecule has 0 amide bonds. The molecule has 4 unspecified atom stereocenters. The summed E-state index contributed by atoms with van der Waals surface area (Å²) in [5.41, 5.74) is 6.89. The van der Waals surface area contributed by atoms with E-state index in [1.807, 2.05) is 19.1 Å². The molecule has 0 spiro atoms. The van der Waals surface area contributed by atoms with Gasteiger partial charge in [0, 0.05) is 17.6 Å². The highest BCUT2D eigenvalue weighted by Gasteiger charge is 2.32. The third-order valence-electron chi connectivity index (χ3n) is 4.27. The van der Waals surface area contributed by atoms with Crippen molar-refractivity contribution in [3.05, 3.63) is 35.6 Å². The second-order valence-corrected chi connectivity index (χ2v) is 6.04. The van der Waals surface area contributed by atoms with Gasteiger partial charge in [-0.25, -0.2) is 4.39 Å². The lowest BCUT2D eigenvalue weighted by atomic mass is 9.88. The zero-order chi connectivity index (χ0) is 14.0. The Labute approximate surface area is 115 Å². The van der Waals surface area contributed by atoms with Crippen LogP contribution in [0.2, 0.25) is 0 Å². The number of likely N-dealkylation sites (tertiary alicyclic amines) is 1. The smallest absolute Gasteiger partial charge is 0.128 e. The summed E-state index contributed by atoms with van der Waals surface area (Å²) in [5.74, 6) is 0.608. The molecule has 0 saturated carbocycles. The van der Waals surface area contributed by atoms with Crippen molar-refractivity contribution in [2.24, 2.45) is 11.7 Å². The first kappa shape index (κ1) is 14.5. The van der Waals surface area contributed by atoms with Gasteiger partial charge in [0.05, 0.1) is 6.04 Å². The monoisotopic (exact) mass is 264 g/mol. The minimum Gasteiger partial charge on any atom is -0.326 e. The minimum absolute atomic E-state index is 0.0244. The zero-order valence-electron chi connectivity index (χ0n) is 12.1. The quantitative estimate of drug-likeness (QED) is 0.907. The van der Waals surface area contributed by atoms with Crippen LogP contribution >= 0.6 is 0 Å². The number of nitrogens with zero attached hydrogens (tertiary/aromatic N) is 1. The van der Waals surface area contributed by atoms with Gasteiger partial charge in [0.25, 0.3) is 0 Å². The first-order chi connectivity index (χ1) is 9.00. The molecule has 1 aromatic carbocycles. The molecule has 3 heteroatoms. The average molecular weight is 264 g/mol. The van der Waals surface area contributed by atoms with E-state index in [1.54, 1.807) is 6.07 Å². The van der Waals surface area contributed by atoms with Gasteiger partial charge >= 0.3 is 0 Å². The van der Waals surface area contributed by atoms with E-state index in [2.05, 4.69) is 18.7 Å². The number of nitrogens with two attached hydrogens (primary N) is 1. The van der Waals surface area contributed by atoms with Crippen molar-refractivity contribution in [1.82, 2.24) is 4.90 Å². The predicted molar refractivity (Wildman–Crippen MR) is 77.4 cm³/mol. The van der Waals surface area contributed by atoms with E-state index >= 15 is 0 Å². The molecule has 0 aliphatic carbocycles. The average Bonchev–Trinajstić information content (AvgIpc) is 2.34. The molecule has 1 heterocycles. The lowest BCUT2D eigenvalue weighted by molar-refractivity contribution is 0.0691. The molecule has 1 fully saturated rings. The van der Waals surface area contributed by atoms with Gasteiger partial charge in [-0.1, -0.05) is 25.1 Å². The first-order valence-electron chi connectivity index (χ1n) is 7.26. The van der Waals surface area contributed by atoms with Crippen LogP contribution < -0.4 is 5.73 Å². The van der Waals surface area contributed by atoms with Gasteiger partial charge in [-0.2, -0.15) is 0 Å². The van der Waals surface area contributed by atoms with E-state index in [1.165, 1.54) is 12.5 Å². The molecule has 0 aromatic heterocycles. The molecular formula is C16H25FN2. The van der Waals surface area contributed by atoms with Crippen LogP contribution in [0.5, 0.6) is 0 Å². The highest BCUT2D eigenvalue weighted by atomic mass is 19.1. The van der Waals surface area contributed by atoms with Crippen LogP contribution in [0.25, 0.3) is 0 Å². The van der Waals surface area contributed by atoms with Crippen LogP contribution in [0.4, 0.5) is 4.39 Å². The van der Waals surface area contributed by atoms with E-state index in [9.17, 15) is 4.39 Å². The summed E-state index contributed by atoms with van der Waals surface area (Å²) in [7, 11) is 0. The lowest BCUT2D eigenvalue weighted by Crippen LogP contribution is -2.48. The number of piperidine rings is 1. The third-order valence-corrected chi connectivity index (χ3v) is 4.27. The van der Waals surface area contributed by atoms with Gasteiger partial charge in [0.2, 0.25) is 0 Å². The second kappa shape index (κ2) is 6.02. The maximum absolute atomic E-state index is 14.1. The summed E-state index contributed by atoms with van der Waals surface area (Å²) in [4.78, 5) is 2.38. The molecule has 1 saturated heterocycles. The topological polar surface area (TPSA) is 29.3 Å². The maximum Gasteiger partial charge on any atom is 0.128 e. The molecule has 4 atom stereocenters. The molecule has 1 aliphatic rings. The second-order valence-electron chi connectivity index (χ2n) is 6.04. The Morgan fingerprint density at radius 2 is 2.00 bits per heavy atom.